The third-order valence-electron chi connectivity index (χ3n) is 2.36. The summed E-state index contributed by atoms with van der Waals surface area (Å²) in [5, 5.41) is 0. The van der Waals surface area contributed by atoms with Gasteiger partial charge in [0, 0.05) is 25.1 Å². The molecule has 4 nitrogen and oxygen atoms in total. The van der Waals surface area contributed by atoms with Gasteiger partial charge in [-0.3, -0.25) is 0 Å². The molecule has 0 aromatic carbocycles. The van der Waals surface area contributed by atoms with Gasteiger partial charge in [-0.1, -0.05) is 6.92 Å². The van der Waals surface area contributed by atoms with Crippen LogP contribution in [0.4, 0.5) is 0 Å². The van der Waals surface area contributed by atoms with Gasteiger partial charge in [0.1, 0.15) is 0 Å². The first kappa shape index (κ1) is 15.1. The van der Waals surface area contributed by atoms with E-state index in [-0.39, 0.29) is 0 Å². The van der Waals surface area contributed by atoms with Gasteiger partial charge in [-0.25, -0.2) is 8.42 Å². The molecule has 0 atom stereocenters. The van der Waals surface area contributed by atoms with Gasteiger partial charge in [-0.2, -0.15) is 4.31 Å². The van der Waals surface area contributed by atoms with Crippen LogP contribution in [0, 0.1) is 6.92 Å². The average molecular weight is 342 g/mol. The number of halogens is 1. The number of sulfonamides is 1. The van der Waals surface area contributed by atoms with Crippen LogP contribution in [0.3, 0.4) is 0 Å². The minimum absolute atomic E-state index is 0.377. The number of ether oxygens (including phenoxy) is 1. The summed E-state index contributed by atoms with van der Waals surface area (Å²) in [6.07, 6.45) is 0. The molecule has 0 spiro atoms. The molecule has 0 unspecified atom stereocenters. The third-order valence-corrected chi connectivity index (χ3v) is 6.14. The van der Waals surface area contributed by atoms with E-state index < -0.39 is 10.0 Å². The van der Waals surface area contributed by atoms with Crippen LogP contribution in [0.1, 0.15) is 11.8 Å². The number of aryl methyl sites for hydroxylation is 1. The molecule has 7 heteroatoms. The molecule has 0 bridgehead atoms. The molecule has 0 aliphatic carbocycles. The molecule has 0 amide bonds. The van der Waals surface area contributed by atoms with Crippen LogP contribution in [0.25, 0.3) is 0 Å². The van der Waals surface area contributed by atoms with E-state index in [0.29, 0.717) is 24.6 Å². The fraction of sp³-hybridized carbons (Fsp3) is 0.600. The molecule has 17 heavy (non-hydrogen) atoms. The van der Waals surface area contributed by atoms with Crippen LogP contribution >= 0.6 is 27.3 Å². The molecule has 98 valence electrons. The Balaban J connectivity index is 3.04. The van der Waals surface area contributed by atoms with Gasteiger partial charge in [0.15, 0.2) is 0 Å². The second-order valence-corrected chi connectivity index (χ2v) is 8.00. The van der Waals surface area contributed by atoms with Crippen molar-refractivity contribution in [3.05, 3.63) is 14.7 Å². The van der Waals surface area contributed by atoms with E-state index in [1.807, 2.05) is 13.8 Å². The van der Waals surface area contributed by atoms with Gasteiger partial charge >= 0.3 is 0 Å². The molecule has 0 aliphatic heterocycles. The zero-order valence-corrected chi connectivity index (χ0v) is 13.3. The number of nitrogens with zero attached hydrogens (tertiary/aromatic N) is 1. The van der Waals surface area contributed by atoms with Gasteiger partial charge in [0.25, 0.3) is 0 Å². The van der Waals surface area contributed by atoms with Gasteiger partial charge in [0.2, 0.25) is 10.0 Å². The average Bonchev–Trinajstić information content (AvgIpc) is 2.59. The van der Waals surface area contributed by atoms with Gasteiger partial charge in [-0.15, -0.1) is 11.3 Å². The Kier molecular flexibility index (Phi) is 5.59. The Morgan fingerprint density at radius 3 is 2.59 bits per heavy atom. The Morgan fingerprint density at radius 2 is 2.18 bits per heavy atom. The Bertz CT molecular complexity index is 470. The monoisotopic (exact) mass is 341 g/mol. The lowest BCUT2D eigenvalue weighted by molar-refractivity contribution is 0.180. The number of likely N-dealkylation sites (N-methyl/N-ethyl adjacent to an activating group) is 1. The van der Waals surface area contributed by atoms with Crippen molar-refractivity contribution in [3.8, 4) is 0 Å². The van der Waals surface area contributed by atoms with Crippen molar-refractivity contribution in [2.75, 3.05) is 26.8 Å². The zero-order valence-electron chi connectivity index (χ0n) is 10.1. The summed E-state index contributed by atoms with van der Waals surface area (Å²) in [7, 11) is -1.84. The number of thiophene rings is 1. The van der Waals surface area contributed by atoms with E-state index in [0.717, 1.165) is 8.66 Å². The van der Waals surface area contributed by atoms with E-state index >= 15 is 0 Å². The minimum atomic E-state index is -3.40. The van der Waals surface area contributed by atoms with Crippen LogP contribution in [0.15, 0.2) is 14.7 Å². The molecule has 0 saturated carbocycles. The molecule has 0 aliphatic rings. The van der Waals surface area contributed by atoms with Crippen LogP contribution in [-0.4, -0.2) is 39.5 Å². The first-order chi connectivity index (χ1) is 7.93. The fourth-order valence-corrected chi connectivity index (χ4v) is 5.28. The first-order valence-electron chi connectivity index (χ1n) is 5.18. The number of methoxy groups -OCH3 is 1. The predicted molar refractivity (Wildman–Crippen MR) is 73.1 cm³/mol. The van der Waals surface area contributed by atoms with Crippen LogP contribution in [0.2, 0.25) is 0 Å². The SMILES string of the molecule is CCN(CCOC)S(=O)(=O)c1cc(Br)sc1C. The van der Waals surface area contributed by atoms with Crippen molar-refractivity contribution < 1.29 is 13.2 Å². The molecular formula is C10H16BrNO3S2. The molecule has 1 heterocycles. The normalized spacial score (nSPS) is 12.3. The highest BCUT2D eigenvalue weighted by Gasteiger charge is 2.26. The highest BCUT2D eigenvalue weighted by Crippen LogP contribution is 2.31. The van der Waals surface area contributed by atoms with E-state index in [2.05, 4.69) is 15.9 Å². The van der Waals surface area contributed by atoms with Crippen LogP contribution in [0.5, 0.6) is 0 Å². The minimum Gasteiger partial charge on any atom is -0.383 e. The standard InChI is InChI=1S/C10H16BrNO3S2/c1-4-12(5-6-15-3)17(13,14)9-7-10(11)16-8(9)2/h7H,4-6H2,1-3H3. The molecule has 0 fully saturated rings. The lowest BCUT2D eigenvalue weighted by Crippen LogP contribution is -2.33. The van der Waals surface area contributed by atoms with Crippen LogP contribution < -0.4 is 0 Å². The van der Waals surface area contributed by atoms with Crippen LogP contribution in [-0.2, 0) is 14.8 Å². The number of hydrogen-bond acceptors (Lipinski definition) is 4. The molecule has 1 rings (SSSR count). The summed E-state index contributed by atoms with van der Waals surface area (Å²) in [5.74, 6) is 0. The van der Waals surface area contributed by atoms with Gasteiger partial charge < -0.3 is 4.74 Å². The highest BCUT2D eigenvalue weighted by molar-refractivity contribution is 9.11. The van der Waals surface area contributed by atoms with Gasteiger partial charge in [-0.05, 0) is 28.9 Å². The maximum Gasteiger partial charge on any atom is 0.244 e. The number of hydrogen-bond donors (Lipinski definition) is 0. The van der Waals surface area contributed by atoms with E-state index in [9.17, 15) is 8.42 Å². The summed E-state index contributed by atoms with van der Waals surface area (Å²) in [4.78, 5) is 1.18. The maximum atomic E-state index is 12.4. The van der Waals surface area contributed by atoms with Crippen molar-refractivity contribution in [1.29, 1.82) is 0 Å². The van der Waals surface area contributed by atoms with E-state index in [1.54, 1.807) is 13.2 Å². The Morgan fingerprint density at radius 1 is 1.53 bits per heavy atom. The summed E-state index contributed by atoms with van der Waals surface area (Å²) in [5.41, 5.74) is 0. The second-order valence-electron chi connectivity index (χ2n) is 3.46. The van der Waals surface area contributed by atoms with Crippen molar-refractivity contribution in [1.82, 2.24) is 4.31 Å². The van der Waals surface area contributed by atoms with Crippen molar-refractivity contribution in [2.24, 2.45) is 0 Å². The van der Waals surface area contributed by atoms with Gasteiger partial charge in [0.05, 0.1) is 15.3 Å². The zero-order chi connectivity index (χ0) is 13.1. The number of rotatable bonds is 6. The Labute approximate surface area is 115 Å². The summed E-state index contributed by atoms with van der Waals surface area (Å²) >= 11 is 4.74. The highest BCUT2D eigenvalue weighted by atomic mass is 79.9. The predicted octanol–water partition coefficient (Wildman–Crippen LogP) is 2.48. The van der Waals surface area contributed by atoms with Crippen molar-refractivity contribution >= 4 is 37.3 Å². The second kappa shape index (κ2) is 6.29. The lowest BCUT2D eigenvalue weighted by atomic mass is 10.5. The Hall–Kier alpha value is 0.0500. The lowest BCUT2D eigenvalue weighted by Gasteiger charge is -2.19. The van der Waals surface area contributed by atoms with E-state index in [1.165, 1.54) is 15.6 Å². The third kappa shape index (κ3) is 3.51. The topological polar surface area (TPSA) is 46.6 Å². The molecule has 1 aromatic heterocycles. The molecule has 1 aromatic rings. The molecular weight excluding hydrogens is 326 g/mol. The first-order valence-corrected chi connectivity index (χ1v) is 8.23. The summed E-state index contributed by atoms with van der Waals surface area (Å²) in [6, 6.07) is 1.66. The summed E-state index contributed by atoms with van der Waals surface area (Å²) in [6.45, 7) is 4.86. The fourth-order valence-electron chi connectivity index (χ4n) is 1.47. The van der Waals surface area contributed by atoms with E-state index in [4.69, 9.17) is 4.74 Å². The molecule has 0 saturated heterocycles. The van der Waals surface area contributed by atoms with Crippen molar-refractivity contribution in [2.45, 2.75) is 18.7 Å². The maximum absolute atomic E-state index is 12.4. The largest absolute Gasteiger partial charge is 0.383 e. The molecule has 0 radical (unpaired) electrons. The van der Waals surface area contributed by atoms with Crippen molar-refractivity contribution in [3.63, 3.8) is 0 Å². The molecule has 0 N–H and O–H groups in total. The quantitative estimate of drug-likeness (QED) is 0.798. The smallest absolute Gasteiger partial charge is 0.244 e. The summed E-state index contributed by atoms with van der Waals surface area (Å²) < 4.78 is 31.9.